The van der Waals surface area contributed by atoms with Crippen molar-refractivity contribution in [1.29, 1.82) is 5.41 Å². The van der Waals surface area contributed by atoms with Crippen molar-refractivity contribution in [3.05, 3.63) is 89.5 Å². The molecule has 0 bridgehead atoms. The molecule has 10 heteroatoms. The Balaban J connectivity index is 1.54. The van der Waals surface area contributed by atoms with Gasteiger partial charge in [0.05, 0.1) is 12.6 Å². The molecule has 3 aromatic carbocycles. The van der Waals surface area contributed by atoms with Gasteiger partial charge in [0.25, 0.3) is 0 Å². The normalized spacial score (nSPS) is 16.1. The second-order valence-corrected chi connectivity index (χ2v) is 11.3. The lowest BCUT2D eigenvalue weighted by molar-refractivity contribution is -0.128. The summed E-state index contributed by atoms with van der Waals surface area (Å²) in [6, 6.07) is 22.5. The van der Waals surface area contributed by atoms with Crippen LogP contribution in [0.3, 0.4) is 0 Å². The minimum absolute atomic E-state index is 0.0286. The Morgan fingerprint density at radius 2 is 1.81 bits per heavy atom. The molecule has 0 unspecified atom stereocenters. The second kappa shape index (κ2) is 13.5. The third kappa shape index (κ3) is 7.65. The number of aliphatic hydroxyl groups excluding tert-OH is 1. The molecule has 220 valence electrons. The van der Waals surface area contributed by atoms with E-state index in [1.165, 1.54) is 0 Å². The molecule has 0 spiro atoms. The number of nitrogens with one attached hydrogen (secondary N) is 3. The molecule has 10 nitrogen and oxygen atoms in total. The molecule has 4 rings (SSSR count). The van der Waals surface area contributed by atoms with E-state index in [-0.39, 0.29) is 24.1 Å². The molecule has 2 atom stereocenters. The van der Waals surface area contributed by atoms with Crippen molar-refractivity contribution in [1.82, 2.24) is 10.6 Å². The van der Waals surface area contributed by atoms with Crippen LogP contribution in [0.25, 0.3) is 11.1 Å². The van der Waals surface area contributed by atoms with Crippen LogP contribution in [-0.4, -0.2) is 47.0 Å². The number of anilines is 1. The number of hydrogen-bond donors (Lipinski definition) is 5. The lowest BCUT2D eigenvalue weighted by Crippen LogP contribution is -2.51. The average molecular weight is 570 g/mol. The van der Waals surface area contributed by atoms with E-state index in [0.29, 0.717) is 31.5 Å². The van der Waals surface area contributed by atoms with Gasteiger partial charge in [-0.25, -0.2) is 0 Å². The summed E-state index contributed by atoms with van der Waals surface area (Å²) >= 11 is 0. The van der Waals surface area contributed by atoms with Crippen molar-refractivity contribution >= 4 is 23.3 Å². The van der Waals surface area contributed by atoms with E-state index < -0.39 is 17.7 Å². The summed E-state index contributed by atoms with van der Waals surface area (Å²) in [5.41, 5.74) is 4.61. The summed E-state index contributed by atoms with van der Waals surface area (Å²) in [5, 5.41) is 30.9. The Morgan fingerprint density at radius 1 is 1.12 bits per heavy atom. The number of aryl methyl sites for hydroxylation is 1. The van der Waals surface area contributed by atoms with Crippen molar-refractivity contribution in [3.8, 4) is 11.1 Å². The van der Waals surface area contributed by atoms with E-state index in [1.54, 1.807) is 17.9 Å². The molecule has 42 heavy (non-hydrogen) atoms. The highest BCUT2D eigenvalue weighted by Crippen LogP contribution is 2.30. The number of benzene rings is 3. The number of amidine groups is 1. The number of carbonyl (C=O) groups is 2. The Kier molecular flexibility index (Phi) is 9.82. The maximum atomic E-state index is 13.9. The average Bonchev–Trinajstić information content (AvgIpc) is 3.09. The quantitative estimate of drug-likeness (QED) is 0.0817. The standard InChI is InChI=1S/C32H39N7O3/c1-21(40)19-35-32(2,3)18-29(41)36-27-17-16-24-8-4-7-11-28(24)39(31(27)42)20-22-12-14-23(15-13-22)25-9-5-6-10-26(25)30(33)37-38-34/h4-15,21,27,35,40H,16-20H2,1-3H3,(H,36,41)(H3,33,34,37)/t21-,27-/m1/s1. The molecule has 0 fully saturated rings. The molecule has 0 saturated carbocycles. The number of β-amino-alcohol motifs (C(OH)–C–C–N with tert-alkyl or cyclic N) is 1. The molecule has 0 radical (unpaired) electrons. The molecule has 2 amide bonds. The van der Waals surface area contributed by atoms with Gasteiger partial charge in [-0.05, 0) is 61.9 Å². The summed E-state index contributed by atoms with van der Waals surface area (Å²) in [7, 11) is 0. The first-order valence-electron chi connectivity index (χ1n) is 14.1. The van der Waals surface area contributed by atoms with E-state index in [1.807, 2.05) is 80.6 Å². The highest BCUT2D eigenvalue weighted by Gasteiger charge is 2.32. The first-order valence-corrected chi connectivity index (χ1v) is 14.1. The van der Waals surface area contributed by atoms with Gasteiger partial charge in [0, 0.05) is 29.8 Å². The minimum Gasteiger partial charge on any atom is -0.392 e. The molecule has 1 heterocycles. The summed E-state index contributed by atoms with van der Waals surface area (Å²) < 4.78 is 0. The fourth-order valence-corrected chi connectivity index (χ4v) is 5.17. The highest BCUT2D eigenvalue weighted by atomic mass is 16.3. The fraction of sp³-hybridized carbons (Fsp3) is 0.344. The van der Waals surface area contributed by atoms with Crippen molar-refractivity contribution in [2.24, 2.45) is 16.2 Å². The van der Waals surface area contributed by atoms with Crippen LogP contribution < -0.4 is 21.4 Å². The Morgan fingerprint density at radius 3 is 2.52 bits per heavy atom. The maximum Gasteiger partial charge on any atom is 0.249 e. The molecule has 0 aromatic heterocycles. The predicted molar refractivity (Wildman–Crippen MR) is 164 cm³/mol. The zero-order valence-electron chi connectivity index (χ0n) is 24.3. The van der Waals surface area contributed by atoms with Gasteiger partial charge in [0.1, 0.15) is 6.04 Å². The Hall–Kier alpha value is -4.41. The summed E-state index contributed by atoms with van der Waals surface area (Å²) in [5.74, 6) is 4.76. The number of amides is 2. The van der Waals surface area contributed by atoms with E-state index >= 15 is 0 Å². The first-order chi connectivity index (χ1) is 20.1. The number of fused-ring (bicyclic) bond motifs is 1. The number of carbonyl (C=O) groups excluding carboxylic acids is 2. The smallest absolute Gasteiger partial charge is 0.249 e. The summed E-state index contributed by atoms with van der Waals surface area (Å²) in [4.78, 5) is 28.7. The molecule has 1 aliphatic rings. The van der Waals surface area contributed by atoms with E-state index in [4.69, 9.17) is 11.3 Å². The molecule has 0 saturated heterocycles. The number of rotatable bonds is 10. The van der Waals surface area contributed by atoms with Gasteiger partial charge in [-0.2, -0.15) is 0 Å². The molecule has 3 aromatic rings. The third-order valence-electron chi connectivity index (χ3n) is 7.31. The van der Waals surface area contributed by atoms with Gasteiger partial charge in [0.2, 0.25) is 11.8 Å². The Bertz CT molecular complexity index is 1450. The summed E-state index contributed by atoms with van der Waals surface area (Å²) in [6.07, 6.45) is 0.808. The van der Waals surface area contributed by atoms with Crippen LogP contribution in [0.2, 0.25) is 0 Å². The van der Waals surface area contributed by atoms with Crippen LogP contribution in [0.5, 0.6) is 0 Å². The second-order valence-electron chi connectivity index (χ2n) is 11.3. The van der Waals surface area contributed by atoms with Crippen molar-refractivity contribution < 1.29 is 14.7 Å². The largest absolute Gasteiger partial charge is 0.392 e. The van der Waals surface area contributed by atoms with E-state index in [2.05, 4.69) is 21.0 Å². The van der Waals surface area contributed by atoms with E-state index in [9.17, 15) is 14.7 Å². The zero-order chi connectivity index (χ0) is 30.3. The Labute approximate surface area is 246 Å². The zero-order valence-corrected chi connectivity index (χ0v) is 24.3. The summed E-state index contributed by atoms with van der Waals surface area (Å²) in [6.45, 7) is 6.20. The van der Waals surface area contributed by atoms with Crippen LogP contribution in [0, 0.1) is 5.41 Å². The lowest BCUT2D eigenvalue weighted by Gasteiger charge is -2.29. The SMILES string of the molecule is C[C@@H](O)CNC(C)(C)CC(=O)N[C@@H]1CCc2ccccc2N(Cc2ccc(-c3ccccc3C(=N)N=NN)cc2)C1=O. The van der Waals surface area contributed by atoms with Gasteiger partial charge in [-0.3, -0.25) is 15.0 Å². The van der Waals surface area contributed by atoms with Gasteiger partial charge in [-0.15, -0.1) is 5.11 Å². The minimum atomic E-state index is -0.661. The lowest BCUT2D eigenvalue weighted by atomic mass is 9.98. The molecule has 0 aliphatic carbocycles. The molecular weight excluding hydrogens is 530 g/mol. The number of hydrogen-bond acceptors (Lipinski definition) is 6. The van der Waals surface area contributed by atoms with Crippen LogP contribution in [0.15, 0.2) is 83.1 Å². The van der Waals surface area contributed by atoms with Crippen LogP contribution in [0.4, 0.5) is 5.69 Å². The molecule has 6 N–H and O–H groups in total. The maximum absolute atomic E-state index is 13.9. The van der Waals surface area contributed by atoms with Gasteiger partial charge in [-0.1, -0.05) is 72.0 Å². The van der Waals surface area contributed by atoms with Crippen LogP contribution in [0.1, 0.15) is 50.3 Å². The number of para-hydroxylation sites is 1. The highest BCUT2D eigenvalue weighted by molar-refractivity contribution is 6.03. The predicted octanol–water partition coefficient (Wildman–Crippen LogP) is 4.11. The number of nitrogens with zero attached hydrogens (tertiary/aromatic N) is 3. The van der Waals surface area contributed by atoms with Gasteiger partial charge >= 0.3 is 0 Å². The first kappa shape index (κ1) is 30.5. The van der Waals surface area contributed by atoms with Crippen molar-refractivity contribution in [2.45, 2.75) is 64.3 Å². The topological polar surface area (TPSA) is 156 Å². The monoisotopic (exact) mass is 569 g/mol. The van der Waals surface area contributed by atoms with E-state index in [0.717, 1.165) is 27.9 Å². The van der Waals surface area contributed by atoms with Crippen LogP contribution >= 0.6 is 0 Å². The number of aliphatic hydroxyl groups is 1. The van der Waals surface area contributed by atoms with Crippen molar-refractivity contribution in [2.75, 3.05) is 11.4 Å². The molecule has 1 aliphatic heterocycles. The van der Waals surface area contributed by atoms with Gasteiger partial charge in [0.15, 0.2) is 5.84 Å². The fourth-order valence-electron chi connectivity index (χ4n) is 5.17. The third-order valence-corrected chi connectivity index (χ3v) is 7.31. The molecular formula is C32H39N7O3. The number of nitrogens with two attached hydrogens (primary N) is 1. The van der Waals surface area contributed by atoms with Crippen molar-refractivity contribution in [3.63, 3.8) is 0 Å². The van der Waals surface area contributed by atoms with Crippen LogP contribution in [-0.2, 0) is 22.6 Å². The van der Waals surface area contributed by atoms with Gasteiger partial charge < -0.3 is 26.5 Å².